The van der Waals surface area contributed by atoms with E-state index in [2.05, 4.69) is 4.72 Å². The van der Waals surface area contributed by atoms with E-state index in [1.165, 1.54) is 12.1 Å². The molecule has 1 aliphatic heterocycles. The lowest BCUT2D eigenvalue weighted by Crippen LogP contribution is -2.49. The summed E-state index contributed by atoms with van der Waals surface area (Å²) in [4.78, 5) is 14.1. The van der Waals surface area contributed by atoms with Crippen LogP contribution in [0.15, 0.2) is 24.3 Å². The molecule has 1 saturated heterocycles. The summed E-state index contributed by atoms with van der Waals surface area (Å²) in [6, 6.07) is 4.29. The van der Waals surface area contributed by atoms with Crippen LogP contribution in [-0.2, 0) is 27.4 Å². The van der Waals surface area contributed by atoms with Crippen molar-refractivity contribution in [3.05, 3.63) is 35.4 Å². The predicted octanol–water partition coefficient (Wildman–Crippen LogP) is 2.18. The van der Waals surface area contributed by atoms with Gasteiger partial charge in [0.25, 0.3) is 0 Å². The third-order valence-corrected chi connectivity index (χ3v) is 4.86. The maximum atomic E-state index is 12.6. The topological polar surface area (TPSA) is 66.5 Å². The number of nitrogens with one attached hydrogen (secondary N) is 1. The highest BCUT2D eigenvalue weighted by molar-refractivity contribution is 7.88. The first-order chi connectivity index (χ1) is 11.6. The number of halogens is 3. The number of carbonyl (C=O) groups excluding carboxylic acids is 1. The van der Waals surface area contributed by atoms with Crippen LogP contribution in [0.5, 0.6) is 0 Å². The molecule has 1 amide bonds. The summed E-state index contributed by atoms with van der Waals surface area (Å²) in [5, 5.41) is 0. The quantitative estimate of drug-likeness (QED) is 0.854. The van der Waals surface area contributed by atoms with E-state index >= 15 is 0 Å². The molecule has 1 unspecified atom stereocenters. The maximum Gasteiger partial charge on any atom is 0.416 e. The van der Waals surface area contributed by atoms with Crippen molar-refractivity contribution in [3.8, 4) is 0 Å². The number of hydrogen-bond donors (Lipinski definition) is 1. The van der Waals surface area contributed by atoms with Crippen molar-refractivity contribution in [2.24, 2.45) is 0 Å². The fraction of sp³-hybridized carbons (Fsp3) is 0.562. The maximum absolute atomic E-state index is 12.6. The molecule has 1 aromatic rings. The summed E-state index contributed by atoms with van der Waals surface area (Å²) in [5.74, 6) is -0.209. The fourth-order valence-electron chi connectivity index (χ4n) is 2.88. The minimum absolute atomic E-state index is 0.00644. The van der Waals surface area contributed by atoms with E-state index in [0.717, 1.165) is 31.2 Å². The Labute approximate surface area is 145 Å². The molecule has 1 heterocycles. The Hall–Kier alpha value is -1.61. The van der Waals surface area contributed by atoms with Crippen molar-refractivity contribution in [1.29, 1.82) is 0 Å². The zero-order chi connectivity index (χ0) is 18.7. The lowest BCUT2D eigenvalue weighted by Gasteiger charge is -2.36. The van der Waals surface area contributed by atoms with Crippen LogP contribution in [0.1, 0.15) is 30.4 Å². The van der Waals surface area contributed by atoms with Crippen LogP contribution < -0.4 is 4.72 Å². The molecule has 1 aliphatic rings. The van der Waals surface area contributed by atoms with E-state index in [1.807, 2.05) is 0 Å². The smallest absolute Gasteiger partial charge is 0.338 e. The number of benzene rings is 1. The molecule has 25 heavy (non-hydrogen) atoms. The number of carbonyl (C=O) groups is 1. The van der Waals surface area contributed by atoms with Crippen molar-refractivity contribution >= 4 is 15.9 Å². The second kappa shape index (κ2) is 7.74. The van der Waals surface area contributed by atoms with Gasteiger partial charge in [0, 0.05) is 19.1 Å². The Morgan fingerprint density at radius 1 is 1.24 bits per heavy atom. The first-order valence-electron chi connectivity index (χ1n) is 7.96. The number of rotatable bonds is 5. The van der Waals surface area contributed by atoms with Crippen LogP contribution in [0, 0.1) is 0 Å². The summed E-state index contributed by atoms with van der Waals surface area (Å²) in [6.45, 7) is 0.674. The number of hydrogen-bond acceptors (Lipinski definition) is 3. The van der Waals surface area contributed by atoms with Gasteiger partial charge in [0.2, 0.25) is 15.9 Å². The zero-order valence-electron chi connectivity index (χ0n) is 13.8. The molecule has 140 valence electrons. The van der Waals surface area contributed by atoms with Crippen molar-refractivity contribution in [1.82, 2.24) is 9.62 Å². The molecule has 5 nitrogen and oxygen atoms in total. The average molecular weight is 378 g/mol. The molecule has 9 heteroatoms. The number of likely N-dealkylation sites (tertiary alicyclic amines) is 1. The van der Waals surface area contributed by atoms with Crippen molar-refractivity contribution in [3.63, 3.8) is 0 Å². The molecule has 1 atom stereocenters. The minimum atomic E-state index is -4.40. The van der Waals surface area contributed by atoms with Gasteiger partial charge in [0.1, 0.15) is 0 Å². The Bertz CT molecular complexity index is 702. The Morgan fingerprint density at radius 2 is 1.88 bits per heavy atom. The fourth-order valence-corrected chi connectivity index (χ4v) is 3.37. The number of alkyl halides is 3. The number of amides is 1. The van der Waals surface area contributed by atoms with Gasteiger partial charge in [-0.3, -0.25) is 4.79 Å². The zero-order valence-corrected chi connectivity index (χ0v) is 14.7. The molecular formula is C16H21F3N2O3S. The third kappa shape index (κ3) is 6.00. The molecule has 0 spiro atoms. The lowest BCUT2D eigenvalue weighted by molar-refractivity contribution is -0.137. The highest BCUT2D eigenvalue weighted by Crippen LogP contribution is 2.29. The standard InChI is InChI=1S/C16H21F3N2O3S/c1-25(23,24)20-11-14-4-2-3-9-21(14)15(22)10-12-5-7-13(8-6-12)16(17,18)19/h5-8,14,20H,2-4,9-11H2,1H3. The Morgan fingerprint density at radius 3 is 2.44 bits per heavy atom. The van der Waals surface area contributed by atoms with Gasteiger partial charge in [0.05, 0.1) is 18.2 Å². The molecule has 0 bridgehead atoms. The highest BCUT2D eigenvalue weighted by Gasteiger charge is 2.30. The van der Waals surface area contributed by atoms with Gasteiger partial charge in [-0.15, -0.1) is 0 Å². The van der Waals surface area contributed by atoms with Gasteiger partial charge in [0.15, 0.2) is 0 Å². The average Bonchev–Trinajstić information content (AvgIpc) is 2.52. The molecule has 1 N–H and O–H groups in total. The van der Waals surface area contributed by atoms with Crippen LogP contribution in [0.25, 0.3) is 0 Å². The van der Waals surface area contributed by atoms with Crippen molar-refractivity contribution in [2.45, 2.75) is 37.9 Å². The molecule has 1 aromatic carbocycles. The van der Waals surface area contributed by atoms with E-state index in [9.17, 15) is 26.4 Å². The van der Waals surface area contributed by atoms with Crippen LogP contribution in [0.4, 0.5) is 13.2 Å². The summed E-state index contributed by atoms with van der Waals surface area (Å²) in [5.41, 5.74) is -0.254. The van der Waals surface area contributed by atoms with Crippen LogP contribution >= 0.6 is 0 Å². The number of nitrogens with zero attached hydrogens (tertiary/aromatic N) is 1. The van der Waals surface area contributed by atoms with E-state index in [-0.39, 0.29) is 24.9 Å². The van der Waals surface area contributed by atoms with E-state index in [1.54, 1.807) is 4.90 Å². The molecule has 0 saturated carbocycles. The second-order valence-electron chi connectivity index (χ2n) is 6.23. The van der Waals surface area contributed by atoms with Crippen molar-refractivity contribution < 1.29 is 26.4 Å². The van der Waals surface area contributed by atoms with Crippen LogP contribution in [0.2, 0.25) is 0 Å². The van der Waals surface area contributed by atoms with E-state index in [0.29, 0.717) is 18.5 Å². The van der Waals surface area contributed by atoms with Gasteiger partial charge in [-0.25, -0.2) is 13.1 Å². The predicted molar refractivity (Wildman–Crippen MR) is 87.3 cm³/mol. The van der Waals surface area contributed by atoms with E-state index in [4.69, 9.17) is 0 Å². The summed E-state index contributed by atoms with van der Waals surface area (Å²) in [6.07, 6.45) is -0.926. The largest absolute Gasteiger partial charge is 0.416 e. The van der Waals surface area contributed by atoms with Gasteiger partial charge in [-0.1, -0.05) is 12.1 Å². The van der Waals surface area contributed by atoms with Crippen LogP contribution in [0.3, 0.4) is 0 Å². The second-order valence-corrected chi connectivity index (χ2v) is 8.06. The molecule has 1 fully saturated rings. The van der Waals surface area contributed by atoms with Gasteiger partial charge >= 0.3 is 6.18 Å². The first kappa shape index (κ1) is 19.7. The molecular weight excluding hydrogens is 357 g/mol. The summed E-state index contributed by atoms with van der Waals surface area (Å²) < 4.78 is 62.6. The van der Waals surface area contributed by atoms with Gasteiger partial charge in [-0.05, 0) is 37.0 Å². The summed E-state index contributed by atoms with van der Waals surface area (Å²) >= 11 is 0. The Balaban J connectivity index is 2.02. The highest BCUT2D eigenvalue weighted by atomic mass is 32.2. The van der Waals surface area contributed by atoms with Crippen LogP contribution in [-0.4, -0.2) is 44.6 Å². The van der Waals surface area contributed by atoms with E-state index < -0.39 is 21.8 Å². The monoisotopic (exact) mass is 378 g/mol. The Kier molecular flexibility index (Phi) is 6.10. The third-order valence-electron chi connectivity index (χ3n) is 4.17. The SMILES string of the molecule is CS(=O)(=O)NCC1CCCCN1C(=O)Cc1ccc(C(F)(F)F)cc1. The van der Waals surface area contributed by atoms with Crippen molar-refractivity contribution in [2.75, 3.05) is 19.3 Å². The molecule has 0 radical (unpaired) electrons. The molecule has 2 rings (SSSR count). The number of sulfonamides is 1. The molecule has 0 aliphatic carbocycles. The normalized spacial score (nSPS) is 19.0. The summed E-state index contributed by atoms with van der Waals surface area (Å²) in [7, 11) is -3.34. The lowest BCUT2D eigenvalue weighted by atomic mass is 10.0. The minimum Gasteiger partial charge on any atom is -0.338 e. The first-order valence-corrected chi connectivity index (χ1v) is 9.85. The number of piperidine rings is 1. The molecule has 0 aromatic heterocycles. The van der Waals surface area contributed by atoms with Gasteiger partial charge < -0.3 is 4.90 Å². The van der Waals surface area contributed by atoms with Gasteiger partial charge in [-0.2, -0.15) is 13.2 Å².